The summed E-state index contributed by atoms with van der Waals surface area (Å²) in [7, 11) is 0. The van der Waals surface area contributed by atoms with Crippen LogP contribution in [-0.2, 0) is 14.3 Å². The van der Waals surface area contributed by atoms with Crippen LogP contribution in [0.5, 0.6) is 0 Å². The first-order chi connectivity index (χ1) is 30.0. The summed E-state index contributed by atoms with van der Waals surface area (Å²) >= 11 is 0. The average Bonchev–Trinajstić information content (AvgIpc) is 3.26. The lowest BCUT2D eigenvalue weighted by Crippen LogP contribution is -2.45. The molecule has 362 valence electrons. The van der Waals surface area contributed by atoms with Crippen LogP contribution >= 0.6 is 0 Å². The van der Waals surface area contributed by atoms with E-state index in [0.717, 1.165) is 51.4 Å². The summed E-state index contributed by atoms with van der Waals surface area (Å²) in [6.07, 6.45) is 59.0. The van der Waals surface area contributed by atoms with Gasteiger partial charge in [-0.15, -0.1) is 0 Å². The van der Waals surface area contributed by atoms with Crippen molar-refractivity contribution < 1.29 is 24.5 Å². The van der Waals surface area contributed by atoms with E-state index in [9.17, 15) is 19.8 Å². The van der Waals surface area contributed by atoms with Crippen LogP contribution < -0.4 is 5.32 Å². The molecule has 0 radical (unpaired) electrons. The quantitative estimate of drug-likeness (QED) is 0.0322. The number of unbranched alkanes of at least 4 members (excludes halogenated alkanes) is 38. The Kier molecular flexibility index (Phi) is 50.1. The lowest BCUT2D eigenvalue weighted by Gasteiger charge is -2.22. The minimum absolute atomic E-state index is 0.00129. The molecule has 61 heavy (non-hydrogen) atoms. The van der Waals surface area contributed by atoms with Crippen molar-refractivity contribution in [2.75, 3.05) is 13.2 Å². The zero-order valence-corrected chi connectivity index (χ0v) is 41.2. The van der Waals surface area contributed by atoms with Crippen LogP contribution in [0.3, 0.4) is 0 Å². The SMILES string of the molecule is CCCCCCCCCCCCCCCCCC(=O)OCCCCCCCC/C=C\CCCCCCCCCC(=O)NC(CO)C(O)CCCCCCCCCCCCCC. The fraction of sp³-hybridized carbons (Fsp3) is 0.927. The molecule has 0 aliphatic heterocycles. The molecule has 0 saturated carbocycles. The maximum Gasteiger partial charge on any atom is 0.305 e. The van der Waals surface area contributed by atoms with Crippen LogP contribution in [0.15, 0.2) is 12.2 Å². The Balaban J connectivity index is 3.43. The van der Waals surface area contributed by atoms with Gasteiger partial charge < -0.3 is 20.3 Å². The first-order valence-electron chi connectivity index (χ1n) is 27.4. The van der Waals surface area contributed by atoms with Gasteiger partial charge in [-0.1, -0.05) is 251 Å². The van der Waals surface area contributed by atoms with Gasteiger partial charge >= 0.3 is 5.97 Å². The third-order valence-electron chi connectivity index (χ3n) is 12.8. The number of carbonyl (C=O) groups excluding carboxylic acids is 2. The molecule has 2 atom stereocenters. The lowest BCUT2D eigenvalue weighted by molar-refractivity contribution is -0.143. The van der Waals surface area contributed by atoms with Crippen molar-refractivity contribution in [1.82, 2.24) is 5.32 Å². The molecule has 2 unspecified atom stereocenters. The first kappa shape index (κ1) is 59.6. The molecule has 0 aliphatic rings. The van der Waals surface area contributed by atoms with Gasteiger partial charge in [0.2, 0.25) is 5.91 Å². The molecule has 1 amide bonds. The maximum atomic E-state index is 12.4. The number of esters is 1. The second-order valence-electron chi connectivity index (χ2n) is 18.9. The van der Waals surface area contributed by atoms with Crippen molar-refractivity contribution in [2.24, 2.45) is 0 Å². The summed E-state index contributed by atoms with van der Waals surface area (Å²) in [5, 5.41) is 23.2. The zero-order chi connectivity index (χ0) is 44.4. The largest absolute Gasteiger partial charge is 0.466 e. The minimum Gasteiger partial charge on any atom is -0.466 e. The second kappa shape index (κ2) is 51.2. The van der Waals surface area contributed by atoms with Gasteiger partial charge in [-0.25, -0.2) is 0 Å². The molecule has 0 saturated heterocycles. The predicted molar refractivity (Wildman–Crippen MR) is 264 cm³/mol. The Labute approximate surface area is 380 Å². The molecule has 0 heterocycles. The number of rotatable bonds is 51. The summed E-state index contributed by atoms with van der Waals surface area (Å²) in [5.41, 5.74) is 0. The Bertz CT molecular complexity index is 909. The topological polar surface area (TPSA) is 95.9 Å². The van der Waals surface area contributed by atoms with Crippen LogP contribution in [0.2, 0.25) is 0 Å². The number of aliphatic hydroxyl groups is 2. The van der Waals surface area contributed by atoms with Crippen LogP contribution in [-0.4, -0.2) is 47.4 Å². The molecule has 6 nitrogen and oxygen atoms in total. The minimum atomic E-state index is -0.670. The molecule has 0 spiro atoms. The summed E-state index contributed by atoms with van der Waals surface area (Å²) in [6.45, 7) is 4.94. The fourth-order valence-corrected chi connectivity index (χ4v) is 8.58. The molecule has 3 N–H and O–H groups in total. The monoisotopic (exact) mass is 862 g/mol. The highest BCUT2D eigenvalue weighted by atomic mass is 16.5. The van der Waals surface area contributed by atoms with E-state index in [2.05, 4.69) is 31.3 Å². The predicted octanol–water partition coefficient (Wildman–Crippen LogP) is 16.5. The van der Waals surface area contributed by atoms with Crippen molar-refractivity contribution in [3.8, 4) is 0 Å². The number of allylic oxidation sites excluding steroid dienone is 2. The lowest BCUT2D eigenvalue weighted by atomic mass is 10.0. The number of carbonyl (C=O) groups is 2. The van der Waals surface area contributed by atoms with E-state index in [4.69, 9.17) is 4.74 Å². The van der Waals surface area contributed by atoms with Gasteiger partial charge in [0.15, 0.2) is 0 Å². The second-order valence-corrected chi connectivity index (χ2v) is 18.9. The van der Waals surface area contributed by atoms with Crippen LogP contribution in [0.25, 0.3) is 0 Å². The summed E-state index contributed by atoms with van der Waals surface area (Å²) < 4.78 is 5.47. The smallest absolute Gasteiger partial charge is 0.305 e. The normalized spacial score (nSPS) is 12.7. The Morgan fingerprint density at radius 2 is 0.770 bits per heavy atom. The molecule has 0 aromatic rings. The summed E-state index contributed by atoms with van der Waals surface area (Å²) in [4.78, 5) is 24.5. The van der Waals surface area contributed by atoms with E-state index in [0.29, 0.717) is 25.9 Å². The van der Waals surface area contributed by atoms with Gasteiger partial charge in [-0.05, 0) is 51.4 Å². The number of hydrogen-bond donors (Lipinski definition) is 3. The molecular weight excluding hydrogens is 755 g/mol. The Hall–Kier alpha value is -1.40. The average molecular weight is 862 g/mol. The zero-order valence-electron chi connectivity index (χ0n) is 41.2. The fourth-order valence-electron chi connectivity index (χ4n) is 8.58. The maximum absolute atomic E-state index is 12.4. The third-order valence-corrected chi connectivity index (χ3v) is 12.8. The van der Waals surface area contributed by atoms with Crippen molar-refractivity contribution in [1.29, 1.82) is 0 Å². The summed E-state index contributed by atoms with van der Waals surface area (Å²) in [5.74, 6) is -0.0454. The highest BCUT2D eigenvalue weighted by molar-refractivity contribution is 5.76. The number of aliphatic hydroxyl groups excluding tert-OH is 2. The standard InChI is InChI=1S/C55H107NO5/c1-3-5-7-9-11-13-15-17-21-25-29-33-37-41-45-49-55(60)61-50-46-42-38-34-30-26-23-20-18-19-22-24-28-32-36-40-44-48-54(59)56-52(51-57)53(58)47-43-39-35-31-27-16-14-12-10-8-6-4-2/h18,20,52-53,57-58H,3-17,19,21-51H2,1-2H3,(H,56,59)/b20-18-. The first-order valence-corrected chi connectivity index (χ1v) is 27.4. The number of ether oxygens (including phenoxy) is 1. The molecular formula is C55H107NO5. The van der Waals surface area contributed by atoms with Gasteiger partial charge in [0, 0.05) is 12.8 Å². The molecule has 0 fully saturated rings. The van der Waals surface area contributed by atoms with Crippen LogP contribution in [0, 0.1) is 0 Å². The van der Waals surface area contributed by atoms with E-state index in [-0.39, 0.29) is 18.5 Å². The van der Waals surface area contributed by atoms with Gasteiger partial charge in [-0.3, -0.25) is 9.59 Å². The van der Waals surface area contributed by atoms with Gasteiger partial charge in [0.1, 0.15) is 0 Å². The van der Waals surface area contributed by atoms with Gasteiger partial charge in [0.25, 0.3) is 0 Å². The van der Waals surface area contributed by atoms with Gasteiger partial charge in [-0.2, -0.15) is 0 Å². The van der Waals surface area contributed by atoms with Crippen molar-refractivity contribution in [3.05, 3.63) is 12.2 Å². The van der Waals surface area contributed by atoms with Crippen LogP contribution in [0.4, 0.5) is 0 Å². The molecule has 0 bridgehead atoms. The molecule has 0 aromatic heterocycles. The van der Waals surface area contributed by atoms with Crippen molar-refractivity contribution in [2.45, 2.75) is 315 Å². The van der Waals surface area contributed by atoms with Crippen molar-refractivity contribution >= 4 is 11.9 Å². The van der Waals surface area contributed by atoms with Gasteiger partial charge in [0.05, 0.1) is 25.4 Å². The van der Waals surface area contributed by atoms with E-state index in [1.807, 2.05) is 0 Å². The van der Waals surface area contributed by atoms with E-state index in [1.165, 1.54) is 218 Å². The Morgan fingerprint density at radius 1 is 0.443 bits per heavy atom. The van der Waals surface area contributed by atoms with E-state index >= 15 is 0 Å². The van der Waals surface area contributed by atoms with E-state index in [1.54, 1.807) is 0 Å². The molecule has 6 heteroatoms. The highest BCUT2D eigenvalue weighted by Crippen LogP contribution is 2.17. The third kappa shape index (κ3) is 47.9. The Morgan fingerprint density at radius 3 is 1.16 bits per heavy atom. The number of hydrogen-bond acceptors (Lipinski definition) is 5. The van der Waals surface area contributed by atoms with E-state index < -0.39 is 12.1 Å². The van der Waals surface area contributed by atoms with Crippen molar-refractivity contribution in [3.63, 3.8) is 0 Å². The molecule has 0 rings (SSSR count). The highest BCUT2D eigenvalue weighted by Gasteiger charge is 2.20. The number of amides is 1. The van der Waals surface area contributed by atoms with Crippen LogP contribution in [0.1, 0.15) is 303 Å². The molecule has 0 aromatic carbocycles. The molecule has 0 aliphatic carbocycles. The summed E-state index contributed by atoms with van der Waals surface area (Å²) in [6, 6.07) is -0.548. The number of nitrogens with one attached hydrogen (secondary N) is 1.